The maximum Gasteiger partial charge on any atom is 0.271 e. The second-order valence-electron chi connectivity index (χ2n) is 6.66. The maximum atomic E-state index is 12.8. The van der Waals surface area contributed by atoms with Crippen molar-refractivity contribution in [2.45, 2.75) is 30.7 Å². The van der Waals surface area contributed by atoms with Crippen molar-refractivity contribution in [2.75, 3.05) is 25.5 Å². The molecule has 0 aliphatic carbocycles. The SMILES string of the molecule is COc1ccc(Cl)cc1NC(=O)Cn1cccc(S(=O)(=O)N2CCCCC2)c1=O. The summed E-state index contributed by atoms with van der Waals surface area (Å²) in [5.74, 6) is -0.100. The number of carbonyl (C=O) groups is 1. The molecule has 1 aliphatic rings. The van der Waals surface area contributed by atoms with E-state index >= 15 is 0 Å². The average molecular weight is 440 g/mol. The smallest absolute Gasteiger partial charge is 0.271 e. The molecule has 0 spiro atoms. The summed E-state index contributed by atoms with van der Waals surface area (Å²) in [6.07, 6.45) is 3.89. The molecule has 0 saturated carbocycles. The molecule has 1 aliphatic heterocycles. The first kappa shape index (κ1) is 21.4. The highest BCUT2D eigenvalue weighted by molar-refractivity contribution is 7.89. The Bertz CT molecular complexity index is 1060. The number of ether oxygens (including phenoxy) is 1. The predicted molar refractivity (Wildman–Crippen MR) is 110 cm³/mol. The second-order valence-corrected chi connectivity index (χ2v) is 9.01. The minimum atomic E-state index is -3.90. The largest absolute Gasteiger partial charge is 0.495 e. The van der Waals surface area contributed by atoms with Crippen LogP contribution in [-0.4, -0.2) is 43.4 Å². The molecule has 0 unspecified atom stereocenters. The van der Waals surface area contributed by atoms with Gasteiger partial charge in [-0.15, -0.1) is 0 Å². The van der Waals surface area contributed by atoms with Gasteiger partial charge in [-0.25, -0.2) is 8.42 Å². The minimum Gasteiger partial charge on any atom is -0.495 e. The van der Waals surface area contributed by atoms with E-state index in [0.29, 0.717) is 29.5 Å². The Balaban J connectivity index is 1.82. The van der Waals surface area contributed by atoms with E-state index in [1.54, 1.807) is 12.1 Å². The van der Waals surface area contributed by atoms with Gasteiger partial charge in [0.1, 0.15) is 17.2 Å². The third-order valence-electron chi connectivity index (χ3n) is 4.67. The average Bonchev–Trinajstić information content (AvgIpc) is 2.70. The summed E-state index contributed by atoms with van der Waals surface area (Å²) >= 11 is 5.95. The van der Waals surface area contributed by atoms with Crippen LogP contribution in [0.3, 0.4) is 0 Å². The molecule has 2 aromatic rings. The molecular weight excluding hydrogens is 418 g/mol. The van der Waals surface area contributed by atoms with Crippen LogP contribution in [0.1, 0.15) is 19.3 Å². The fraction of sp³-hybridized carbons (Fsp3) is 0.368. The molecule has 0 atom stereocenters. The molecular formula is C19H22ClN3O5S. The number of anilines is 1. The van der Waals surface area contributed by atoms with Crippen LogP contribution in [-0.2, 0) is 21.4 Å². The normalized spacial score (nSPS) is 15.1. The Hall–Kier alpha value is -2.36. The first-order chi connectivity index (χ1) is 13.8. The van der Waals surface area contributed by atoms with Crippen molar-refractivity contribution >= 4 is 33.2 Å². The van der Waals surface area contributed by atoms with Crippen LogP contribution in [0.4, 0.5) is 5.69 Å². The van der Waals surface area contributed by atoms with Crippen molar-refractivity contribution in [3.05, 3.63) is 51.9 Å². The zero-order valence-corrected chi connectivity index (χ0v) is 17.5. The summed E-state index contributed by atoms with van der Waals surface area (Å²) in [5.41, 5.74) is -0.374. The van der Waals surface area contributed by atoms with E-state index < -0.39 is 21.5 Å². The Morgan fingerprint density at radius 2 is 1.93 bits per heavy atom. The Kier molecular flexibility index (Phi) is 6.61. The number of halogens is 1. The minimum absolute atomic E-state index is 0.324. The van der Waals surface area contributed by atoms with E-state index in [9.17, 15) is 18.0 Å². The number of hydrogen-bond donors (Lipinski definition) is 1. The third kappa shape index (κ3) is 4.80. The summed E-state index contributed by atoms with van der Waals surface area (Å²) in [6.45, 7) is 0.440. The summed E-state index contributed by atoms with van der Waals surface area (Å²) in [4.78, 5) is 24.9. The molecule has 29 heavy (non-hydrogen) atoms. The molecule has 1 aromatic heterocycles. The van der Waals surface area contributed by atoms with Gasteiger partial charge in [0.2, 0.25) is 15.9 Å². The lowest BCUT2D eigenvalue weighted by Gasteiger charge is -2.25. The first-order valence-electron chi connectivity index (χ1n) is 9.16. The standard InChI is InChI=1S/C19H22ClN3O5S/c1-28-16-8-7-14(20)12-15(16)21-18(24)13-22-9-5-6-17(19(22)25)29(26,27)23-10-3-2-4-11-23/h5-9,12H,2-4,10-11,13H2,1H3,(H,21,24). The molecule has 1 aromatic carbocycles. The van der Waals surface area contributed by atoms with Crippen molar-refractivity contribution in [2.24, 2.45) is 0 Å². The highest BCUT2D eigenvalue weighted by Crippen LogP contribution is 2.27. The lowest BCUT2D eigenvalue weighted by atomic mass is 10.2. The molecule has 156 valence electrons. The fourth-order valence-electron chi connectivity index (χ4n) is 3.20. The van der Waals surface area contributed by atoms with E-state index in [4.69, 9.17) is 16.3 Å². The molecule has 1 N–H and O–H groups in total. The van der Waals surface area contributed by atoms with Crippen LogP contribution in [0, 0.1) is 0 Å². The zero-order chi connectivity index (χ0) is 21.0. The van der Waals surface area contributed by atoms with Crippen LogP contribution in [0.2, 0.25) is 5.02 Å². The van der Waals surface area contributed by atoms with Crippen molar-refractivity contribution in [3.63, 3.8) is 0 Å². The van der Waals surface area contributed by atoms with Crippen LogP contribution in [0.25, 0.3) is 0 Å². The van der Waals surface area contributed by atoms with Crippen molar-refractivity contribution < 1.29 is 17.9 Å². The number of nitrogens with one attached hydrogen (secondary N) is 1. The number of methoxy groups -OCH3 is 1. The van der Waals surface area contributed by atoms with Gasteiger partial charge in [0.05, 0.1) is 12.8 Å². The van der Waals surface area contributed by atoms with Crippen LogP contribution < -0.4 is 15.6 Å². The summed E-state index contributed by atoms with van der Waals surface area (Å²) < 4.78 is 33.3. The van der Waals surface area contributed by atoms with Gasteiger partial charge < -0.3 is 14.6 Å². The number of amides is 1. The maximum absolute atomic E-state index is 12.8. The second kappa shape index (κ2) is 8.98. The van der Waals surface area contributed by atoms with Gasteiger partial charge in [-0.1, -0.05) is 18.0 Å². The molecule has 8 nitrogen and oxygen atoms in total. The van der Waals surface area contributed by atoms with Gasteiger partial charge in [-0.2, -0.15) is 4.31 Å². The monoisotopic (exact) mass is 439 g/mol. The summed E-state index contributed by atoms with van der Waals surface area (Å²) in [5, 5.41) is 3.04. The summed E-state index contributed by atoms with van der Waals surface area (Å²) in [6, 6.07) is 7.48. The van der Waals surface area contributed by atoms with E-state index in [1.807, 2.05) is 0 Å². The van der Waals surface area contributed by atoms with Gasteiger partial charge in [-0.05, 0) is 43.2 Å². The van der Waals surface area contributed by atoms with Crippen LogP contribution in [0.5, 0.6) is 5.75 Å². The number of aromatic nitrogens is 1. The molecule has 2 heterocycles. The Morgan fingerprint density at radius 1 is 1.21 bits per heavy atom. The number of benzene rings is 1. The quantitative estimate of drug-likeness (QED) is 0.744. The molecule has 3 rings (SSSR count). The number of carbonyl (C=O) groups excluding carboxylic acids is 1. The Morgan fingerprint density at radius 3 is 2.62 bits per heavy atom. The Labute approximate surface area is 174 Å². The highest BCUT2D eigenvalue weighted by atomic mass is 35.5. The number of rotatable bonds is 6. The molecule has 0 radical (unpaired) electrons. The highest BCUT2D eigenvalue weighted by Gasteiger charge is 2.29. The lowest BCUT2D eigenvalue weighted by Crippen LogP contribution is -2.39. The molecule has 0 bridgehead atoms. The molecule has 1 saturated heterocycles. The van der Waals surface area contributed by atoms with Crippen molar-refractivity contribution in [1.82, 2.24) is 8.87 Å². The fourth-order valence-corrected chi connectivity index (χ4v) is 4.98. The lowest BCUT2D eigenvalue weighted by molar-refractivity contribution is -0.116. The number of nitrogens with zero attached hydrogens (tertiary/aromatic N) is 2. The third-order valence-corrected chi connectivity index (χ3v) is 6.81. The van der Waals surface area contributed by atoms with E-state index in [2.05, 4.69) is 5.32 Å². The summed E-state index contributed by atoms with van der Waals surface area (Å²) in [7, 11) is -2.44. The van der Waals surface area contributed by atoms with Gasteiger partial charge in [0.25, 0.3) is 5.56 Å². The van der Waals surface area contributed by atoms with E-state index in [-0.39, 0.29) is 11.4 Å². The first-order valence-corrected chi connectivity index (χ1v) is 11.0. The number of hydrogen-bond acceptors (Lipinski definition) is 5. The van der Waals surface area contributed by atoms with Gasteiger partial charge in [0, 0.05) is 24.3 Å². The number of pyridine rings is 1. The van der Waals surface area contributed by atoms with Gasteiger partial charge >= 0.3 is 0 Å². The van der Waals surface area contributed by atoms with Crippen molar-refractivity contribution in [1.29, 1.82) is 0 Å². The van der Waals surface area contributed by atoms with Crippen LogP contribution >= 0.6 is 11.6 Å². The predicted octanol–water partition coefficient (Wildman–Crippen LogP) is 2.32. The van der Waals surface area contributed by atoms with Gasteiger partial charge in [-0.3, -0.25) is 9.59 Å². The van der Waals surface area contributed by atoms with Crippen molar-refractivity contribution in [3.8, 4) is 5.75 Å². The van der Waals surface area contributed by atoms with E-state index in [0.717, 1.165) is 23.8 Å². The number of sulfonamides is 1. The molecule has 1 fully saturated rings. The number of piperidine rings is 1. The topological polar surface area (TPSA) is 97.7 Å². The molecule has 10 heteroatoms. The zero-order valence-electron chi connectivity index (χ0n) is 15.9. The van der Waals surface area contributed by atoms with E-state index in [1.165, 1.54) is 35.8 Å². The molecule has 1 amide bonds. The van der Waals surface area contributed by atoms with Gasteiger partial charge in [0.15, 0.2) is 0 Å². The van der Waals surface area contributed by atoms with Crippen LogP contribution in [0.15, 0.2) is 46.2 Å².